The standard InChI is InChI=1S/C7H7O.Mn/c1-6(8)7-4-2-3-5-7;/h2-5H,1H3;/q-1;. The first-order valence-corrected chi connectivity index (χ1v) is 2.53. The van der Waals surface area contributed by atoms with Gasteiger partial charge in [0.1, 0.15) is 5.78 Å². The summed E-state index contributed by atoms with van der Waals surface area (Å²) in [4.78, 5) is 10.5. The third-order valence-electron chi connectivity index (χ3n) is 1.07. The van der Waals surface area contributed by atoms with Crippen molar-refractivity contribution in [2.24, 2.45) is 0 Å². The van der Waals surface area contributed by atoms with Crippen LogP contribution < -0.4 is 0 Å². The number of carbonyl (C=O) groups is 1. The molecule has 0 atom stereocenters. The number of hydrogen-bond acceptors (Lipinski definition) is 1. The second-order valence-electron chi connectivity index (χ2n) is 1.73. The molecule has 2 heteroatoms. The summed E-state index contributed by atoms with van der Waals surface area (Å²) in [6, 6.07) is 7.33. The average molecular weight is 162 g/mol. The molecule has 0 amide bonds. The van der Waals surface area contributed by atoms with Crippen molar-refractivity contribution in [3.05, 3.63) is 29.8 Å². The van der Waals surface area contributed by atoms with Gasteiger partial charge >= 0.3 is 0 Å². The first-order valence-electron chi connectivity index (χ1n) is 2.53. The fourth-order valence-electron chi connectivity index (χ4n) is 0.609. The normalized spacial score (nSPS) is 8.11. The Hall–Kier alpha value is -0.461. The maximum absolute atomic E-state index is 10.5. The Bertz CT molecular complexity index is 177. The third kappa shape index (κ3) is 2.08. The molecule has 0 aliphatic heterocycles. The fraction of sp³-hybridized carbons (Fsp3) is 0.143. The summed E-state index contributed by atoms with van der Waals surface area (Å²) in [6.45, 7) is 1.56. The van der Waals surface area contributed by atoms with Crippen LogP contribution >= 0.6 is 0 Å². The molecule has 0 aliphatic carbocycles. The van der Waals surface area contributed by atoms with E-state index in [-0.39, 0.29) is 22.9 Å². The van der Waals surface area contributed by atoms with Crippen LogP contribution in [0.1, 0.15) is 17.3 Å². The monoisotopic (exact) mass is 162 g/mol. The summed E-state index contributed by atoms with van der Waals surface area (Å²) in [7, 11) is 0. The molecule has 49 valence electrons. The van der Waals surface area contributed by atoms with Crippen LogP contribution in [0.5, 0.6) is 0 Å². The van der Waals surface area contributed by atoms with E-state index in [2.05, 4.69) is 0 Å². The van der Waals surface area contributed by atoms with Crippen LogP contribution in [-0.4, -0.2) is 5.78 Å². The number of Topliss-reactive ketones (excluding diaryl/α,β-unsaturated/α-hetero) is 1. The smallest absolute Gasteiger partial charge is 0.105 e. The van der Waals surface area contributed by atoms with Crippen molar-refractivity contribution >= 4 is 5.78 Å². The Labute approximate surface area is 64.9 Å². The van der Waals surface area contributed by atoms with Gasteiger partial charge in [-0.15, -0.1) is 0 Å². The fourth-order valence-corrected chi connectivity index (χ4v) is 0.609. The first kappa shape index (κ1) is 8.54. The van der Waals surface area contributed by atoms with E-state index in [1.165, 1.54) is 0 Å². The van der Waals surface area contributed by atoms with Gasteiger partial charge in [-0.25, -0.2) is 12.1 Å². The zero-order chi connectivity index (χ0) is 5.98. The maximum atomic E-state index is 10.5. The summed E-state index contributed by atoms with van der Waals surface area (Å²) in [5.41, 5.74) is 0.796. The average Bonchev–Trinajstić information content (AvgIpc) is 2.12. The van der Waals surface area contributed by atoms with Gasteiger partial charge in [0, 0.05) is 17.1 Å². The topological polar surface area (TPSA) is 17.1 Å². The maximum Gasteiger partial charge on any atom is 0.105 e. The van der Waals surface area contributed by atoms with Crippen molar-refractivity contribution in [2.75, 3.05) is 0 Å². The molecule has 1 nitrogen and oxygen atoms in total. The molecule has 0 spiro atoms. The Balaban J connectivity index is 0.000000640. The molecule has 1 rings (SSSR count). The van der Waals surface area contributed by atoms with E-state index >= 15 is 0 Å². The van der Waals surface area contributed by atoms with Crippen molar-refractivity contribution in [2.45, 2.75) is 6.92 Å². The predicted octanol–water partition coefficient (Wildman–Crippen LogP) is 1.61. The Morgan fingerprint density at radius 1 is 1.33 bits per heavy atom. The molecule has 0 aliphatic rings. The van der Waals surface area contributed by atoms with Gasteiger partial charge in [0.2, 0.25) is 0 Å². The summed E-state index contributed by atoms with van der Waals surface area (Å²) in [5.74, 6) is 0.134. The van der Waals surface area contributed by atoms with Crippen LogP contribution in [0.4, 0.5) is 0 Å². The summed E-state index contributed by atoms with van der Waals surface area (Å²) >= 11 is 0. The van der Waals surface area contributed by atoms with Crippen LogP contribution in [0.15, 0.2) is 24.3 Å². The summed E-state index contributed by atoms with van der Waals surface area (Å²) in [6.07, 6.45) is 0. The van der Waals surface area contributed by atoms with Crippen LogP contribution in [0, 0.1) is 0 Å². The number of carbonyl (C=O) groups excluding carboxylic acids is 1. The van der Waals surface area contributed by atoms with Gasteiger partial charge in [-0.05, 0) is 6.92 Å². The van der Waals surface area contributed by atoms with Gasteiger partial charge in [0.05, 0.1) is 0 Å². The second kappa shape index (κ2) is 3.54. The van der Waals surface area contributed by atoms with Crippen LogP contribution in [-0.2, 0) is 17.1 Å². The van der Waals surface area contributed by atoms with Gasteiger partial charge in [0.25, 0.3) is 0 Å². The number of rotatable bonds is 1. The Morgan fingerprint density at radius 3 is 2.00 bits per heavy atom. The van der Waals surface area contributed by atoms with E-state index in [9.17, 15) is 4.79 Å². The third-order valence-corrected chi connectivity index (χ3v) is 1.07. The molecule has 9 heavy (non-hydrogen) atoms. The van der Waals surface area contributed by atoms with Crippen LogP contribution in [0.25, 0.3) is 0 Å². The molecular formula is C7H7MnO-. The molecule has 0 fully saturated rings. The van der Waals surface area contributed by atoms with Crippen molar-refractivity contribution in [3.63, 3.8) is 0 Å². The van der Waals surface area contributed by atoms with Gasteiger partial charge in [-0.1, -0.05) is 5.56 Å². The molecule has 1 aromatic carbocycles. The van der Waals surface area contributed by atoms with Gasteiger partial charge in [-0.2, -0.15) is 12.1 Å². The van der Waals surface area contributed by atoms with Crippen molar-refractivity contribution in [1.29, 1.82) is 0 Å². The minimum absolute atomic E-state index is 0. The first-order chi connectivity index (χ1) is 3.80. The van der Waals surface area contributed by atoms with Crippen molar-refractivity contribution in [1.82, 2.24) is 0 Å². The van der Waals surface area contributed by atoms with Crippen LogP contribution in [0.3, 0.4) is 0 Å². The quantitative estimate of drug-likeness (QED) is 0.348. The molecule has 0 saturated carbocycles. The SMILES string of the molecule is CC(=O)[c-]1cccc1.[Mn]. The Kier molecular flexibility index (Phi) is 3.36. The molecule has 0 unspecified atom stereocenters. The molecule has 0 heterocycles. The van der Waals surface area contributed by atoms with Gasteiger partial charge in [0.15, 0.2) is 0 Å². The molecule has 0 aromatic heterocycles. The van der Waals surface area contributed by atoms with Crippen molar-refractivity contribution in [3.8, 4) is 0 Å². The summed E-state index contributed by atoms with van der Waals surface area (Å²) < 4.78 is 0. The van der Waals surface area contributed by atoms with E-state index in [0.717, 1.165) is 5.56 Å². The largest absolute Gasteiger partial charge is 0.309 e. The molecule has 1 radical (unpaired) electrons. The van der Waals surface area contributed by atoms with E-state index in [1.807, 2.05) is 24.3 Å². The van der Waals surface area contributed by atoms with E-state index in [0.29, 0.717) is 0 Å². The molecule has 0 N–H and O–H groups in total. The van der Waals surface area contributed by atoms with E-state index in [4.69, 9.17) is 0 Å². The Morgan fingerprint density at radius 2 is 1.78 bits per heavy atom. The molecule has 0 saturated heterocycles. The van der Waals surface area contributed by atoms with Crippen molar-refractivity contribution < 1.29 is 21.9 Å². The molecule has 0 bridgehead atoms. The van der Waals surface area contributed by atoms with E-state index < -0.39 is 0 Å². The molecule has 1 aromatic rings. The van der Waals surface area contributed by atoms with Gasteiger partial charge < -0.3 is 4.79 Å². The predicted molar refractivity (Wildman–Crippen MR) is 32.0 cm³/mol. The molecular weight excluding hydrogens is 155 g/mol. The zero-order valence-corrected chi connectivity index (χ0v) is 6.28. The number of hydrogen-bond donors (Lipinski definition) is 0. The minimum Gasteiger partial charge on any atom is -0.309 e. The van der Waals surface area contributed by atoms with Gasteiger partial charge in [-0.3, -0.25) is 0 Å². The number of ketones is 1. The van der Waals surface area contributed by atoms with E-state index in [1.54, 1.807) is 6.92 Å². The summed E-state index contributed by atoms with van der Waals surface area (Å²) in [5, 5.41) is 0. The minimum atomic E-state index is 0. The zero-order valence-electron chi connectivity index (χ0n) is 5.10. The second-order valence-corrected chi connectivity index (χ2v) is 1.73. The van der Waals surface area contributed by atoms with Crippen LogP contribution in [0.2, 0.25) is 0 Å².